The molecular formula is C27H34N8S2. The van der Waals surface area contributed by atoms with Gasteiger partial charge in [-0.2, -0.15) is 0 Å². The lowest BCUT2D eigenvalue weighted by molar-refractivity contribution is 0.147. The summed E-state index contributed by atoms with van der Waals surface area (Å²) in [7, 11) is 2.16. The Morgan fingerprint density at radius 2 is 1.95 bits per heavy atom. The summed E-state index contributed by atoms with van der Waals surface area (Å²) in [5.74, 6) is 0.677. The molecule has 1 fully saturated rings. The highest BCUT2D eigenvalue weighted by Gasteiger charge is 2.15. The number of hydrogen-bond donors (Lipinski definition) is 1. The fraction of sp³-hybridized carbons (Fsp3) is 0.370. The van der Waals surface area contributed by atoms with Crippen LogP contribution in [-0.4, -0.2) is 67.9 Å². The zero-order valence-electron chi connectivity index (χ0n) is 21.9. The van der Waals surface area contributed by atoms with Crippen molar-refractivity contribution < 1.29 is 0 Å². The minimum Gasteiger partial charge on any atom is -0.315 e. The standard InChI is InChI=1S/C27H34N8S2/c1-6-9-23(20(7-2)8-3)36-27-31-19(4)14-22(32-27)24-16-30-26(37-24)33-25-17-28-21(15-29-25)18-35-12-10-34(5)11-13-35/h6-7,9,14-17H,2,8,10-13,18H2,1,3-5H3,(H,29,30,33)/b9-6-,23-20-. The molecule has 3 aromatic rings. The highest BCUT2D eigenvalue weighted by molar-refractivity contribution is 8.03. The zero-order chi connectivity index (χ0) is 26.2. The topological polar surface area (TPSA) is 83.0 Å². The van der Waals surface area contributed by atoms with Crippen LogP contribution < -0.4 is 5.32 Å². The van der Waals surface area contributed by atoms with Crippen molar-refractivity contribution >= 4 is 34.0 Å². The molecule has 1 N–H and O–H groups in total. The van der Waals surface area contributed by atoms with Crippen LogP contribution >= 0.6 is 23.1 Å². The van der Waals surface area contributed by atoms with Gasteiger partial charge < -0.3 is 10.2 Å². The van der Waals surface area contributed by atoms with E-state index in [0.717, 1.165) is 71.1 Å². The van der Waals surface area contributed by atoms with Gasteiger partial charge in [-0.25, -0.2) is 19.9 Å². The number of aromatic nitrogens is 5. The van der Waals surface area contributed by atoms with Crippen molar-refractivity contribution in [1.29, 1.82) is 0 Å². The molecule has 0 spiro atoms. The van der Waals surface area contributed by atoms with E-state index in [0.29, 0.717) is 11.0 Å². The predicted octanol–water partition coefficient (Wildman–Crippen LogP) is 5.71. The van der Waals surface area contributed by atoms with E-state index in [4.69, 9.17) is 4.98 Å². The van der Waals surface area contributed by atoms with E-state index < -0.39 is 0 Å². The minimum atomic E-state index is 0.677. The second kappa shape index (κ2) is 13.0. The van der Waals surface area contributed by atoms with E-state index in [1.165, 1.54) is 16.9 Å². The molecule has 0 amide bonds. The van der Waals surface area contributed by atoms with Gasteiger partial charge in [0.05, 0.1) is 28.7 Å². The van der Waals surface area contributed by atoms with Crippen LogP contribution in [0.4, 0.5) is 10.9 Å². The summed E-state index contributed by atoms with van der Waals surface area (Å²) in [5.41, 5.74) is 3.92. The van der Waals surface area contributed by atoms with E-state index >= 15 is 0 Å². The Kier molecular flexibility index (Phi) is 9.56. The first-order valence-electron chi connectivity index (χ1n) is 12.4. The molecule has 3 aromatic heterocycles. The largest absolute Gasteiger partial charge is 0.315 e. The van der Waals surface area contributed by atoms with Gasteiger partial charge >= 0.3 is 0 Å². The Bertz CT molecular complexity index is 1260. The number of thioether (sulfide) groups is 1. The molecule has 0 unspecified atom stereocenters. The molecule has 10 heteroatoms. The van der Waals surface area contributed by atoms with Crippen LogP contribution in [0.15, 0.2) is 65.1 Å². The molecule has 0 bridgehead atoms. The van der Waals surface area contributed by atoms with Crippen LogP contribution in [0.1, 0.15) is 31.7 Å². The van der Waals surface area contributed by atoms with Crippen molar-refractivity contribution in [3.05, 3.63) is 71.3 Å². The number of anilines is 2. The van der Waals surface area contributed by atoms with Crippen LogP contribution in [0.25, 0.3) is 10.6 Å². The molecule has 1 saturated heterocycles. The van der Waals surface area contributed by atoms with Crippen LogP contribution in [0.2, 0.25) is 0 Å². The lowest BCUT2D eigenvalue weighted by Gasteiger charge is -2.31. The van der Waals surface area contributed by atoms with Gasteiger partial charge in [-0.3, -0.25) is 9.88 Å². The van der Waals surface area contributed by atoms with Crippen LogP contribution in [0, 0.1) is 6.92 Å². The number of allylic oxidation sites excluding steroid dienone is 4. The molecule has 0 aromatic carbocycles. The van der Waals surface area contributed by atoms with Crippen molar-refractivity contribution in [2.75, 3.05) is 38.5 Å². The molecule has 0 atom stereocenters. The third-order valence-corrected chi connectivity index (χ3v) is 7.90. The van der Waals surface area contributed by atoms with Gasteiger partial charge in [0.1, 0.15) is 0 Å². The Labute approximate surface area is 227 Å². The summed E-state index contributed by atoms with van der Waals surface area (Å²) >= 11 is 3.09. The summed E-state index contributed by atoms with van der Waals surface area (Å²) in [5, 5.41) is 4.73. The normalized spacial score (nSPS) is 15.7. The number of likely N-dealkylation sites (N-methyl/N-ethyl adjacent to an activating group) is 1. The molecular weight excluding hydrogens is 500 g/mol. The molecule has 8 nitrogen and oxygen atoms in total. The van der Waals surface area contributed by atoms with Gasteiger partial charge in [0.2, 0.25) is 0 Å². The summed E-state index contributed by atoms with van der Waals surface area (Å²) in [6.45, 7) is 15.2. The quantitative estimate of drug-likeness (QED) is 0.200. The van der Waals surface area contributed by atoms with E-state index in [2.05, 4.69) is 61.7 Å². The van der Waals surface area contributed by atoms with Crippen molar-refractivity contribution in [2.24, 2.45) is 0 Å². The van der Waals surface area contributed by atoms with E-state index in [9.17, 15) is 0 Å². The van der Waals surface area contributed by atoms with Crippen LogP contribution in [0.5, 0.6) is 0 Å². The second-order valence-corrected chi connectivity index (χ2v) is 10.9. The minimum absolute atomic E-state index is 0.677. The first-order valence-corrected chi connectivity index (χ1v) is 14.1. The van der Waals surface area contributed by atoms with Gasteiger partial charge in [0.15, 0.2) is 16.1 Å². The van der Waals surface area contributed by atoms with E-state index in [1.807, 2.05) is 44.5 Å². The number of nitrogens with zero attached hydrogens (tertiary/aromatic N) is 7. The van der Waals surface area contributed by atoms with Crippen molar-refractivity contribution in [3.8, 4) is 10.6 Å². The van der Waals surface area contributed by atoms with E-state index in [-0.39, 0.29) is 0 Å². The third-order valence-electron chi connectivity index (χ3n) is 5.98. The Hall–Kier alpha value is -2.92. The molecule has 4 rings (SSSR count). The van der Waals surface area contributed by atoms with Crippen LogP contribution in [-0.2, 0) is 6.54 Å². The van der Waals surface area contributed by atoms with Crippen molar-refractivity contribution in [3.63, 3.8) is 0 Å². The molecule has 194 valence electrons. The first kappa shape index (κ1) is 27.1. The summed E-state index contributed by atoms with van der Waals surface area (Å²) in [6.07, 6.45) is 12.4. The monoisotopic (exact) mass is 534 g/mol. The van der Waals surface area contributed by atoms with Crippen molar-refractivity contribution in [2.45, 2.75) is 38.9 Å². The number of nitrogens with one attached hydrogen (secondary N) is 1. The number of piperazine rings is 1. The molecule has 1 aliphatic heterocycles. The maximum Gasteiger partial charge on any atom is 0.193 e. The maximum absolute atomic E-state index is 4.83. The fourth-order valence-electron chi connectivity index (χ4n) is 3.88. The number of aryl methyl sites for hydroxylation is 1. The van der Waals surface area contributed by atoms with Gasteiger partial charge in [0.25, 0.3) is 0 Å². The predicted molar refractivity (Wildman–Crippen MR) is 154 cm³/mol. The SMILES string of the molecule is C=C/C(CC)=C(\C=C/C)Sc1nc(C)cc(-c2cnc(Nc3cnc(CN4CCN(C)CC4)cn3)s2)n1. The average molecular weight is 535 g/mol. The fourth-order valence-corrected chi connectivity index (χ4v) is 5.76. The highest BCUT2D eigenvalue weighted by atomic mass is 32.2. The van der Waals surface area contributed by atoms with Gasteiger partial charge in [0, 0.05) is 49.5 Å². The second-order valence-electron chi connectivity index (χ2n) is 8.85. The highest BCUT2D eigenvalue weighted by Crippen LogP contribution is 2.33. The molecule has 4 heterocycles. The van der Waals surface area contributed by atoms with E-state index in [1.54, 1.807) is 18.0 Å². The Morgan fingerprint density at radius 3 is 2.62 bits per heavy atom. The van der Waals surface area contributed by atoms with Crippen molar-refractivity contribution in [1.82, 2.24) is 34.7 Å². The van der Waals surface area contributed by atoms with Gasteiger partial charge in [-0.05, 0) is 50.7 Å². The molecule has 0 saturated carbocycles. The summed E-state index contributed by atoms with van der Waals surface area (Å²) in [6, 6.07) is 1.99. The molecule has 0 radical (unpaired) electrons. The molecule has 0 aliphatic carbocycles. The zero-order valence-corrected chi connectivity index (χ0v) is 23.6. The molecule has 1 aliphatic rings. The third kappa shape index (κ3) is 7.54. The Balaban J connectivity index is 1.44. The smallest absolute Gasteiger partial charge is 0.193 e. The number of hydrogen-bond acceptors (Lipinski definition) is 10. The molecule has 37 heavy (non-hydrogen) atoms. The lowest BCUT2D eigenvalue weighted by Crippen LogP contribution is -2.44. The van der Waals surface area contributed by atoms with Gasteiger partial charge in [-0.1, -0.05) is 43.1 Å². The summed E-state index contributed by atoms with van der Waals surface area (Å²) < 4.78 is 0. The number of thiazole rings is 1. The summed E-state index contributed by atoms with van der Waals surface area (Å²) in [4.78, 5) is 30.0. The number of rotatable bonds is 10. The maximum atomic E-state index is 4.83. The average Bonchev–Trinajstić information content (AvgIpc) is 3.36. The first-order chi connectivity index (χ1) is 18.0. The lowest BCUT2D eigenvalue weighted by atomic mass is 10.2. The Morgan fingerprint density at radius 1 is 1.14 bits per heavy atom. The van der Waals surface area contributed by atoms with Gasteiger partial charge in [-0.15, -0.1) is 0 Å². The van der Waals surface area contributed by atoms with Crippen LogP contribution in [0.3, 0.4) is 0 Å².